The predicted octanol–water partition coefficient (Wildman–Crippen LogP) is 1.17. The van der Waals surface area contributed by atoms with Gasteiger partial charge in [-0.25, -0.2) is 9.59 Å². The molecular formula is C11H15NO4S. The number of esters is 2. The van der Waals surface area contributed by atoms with Gasteiger partial charge in [0.1, 0.15) is 0 Å². The molecule has 1 fully saturated rings. The molecule has 0 aromatic carbocycles. The zero-order valence-corrected chi connectivity index (χ0v) is 10.8. The van der Waals surface area contributed by atoms with Crippen LogP contribution in [0.1, 0.15) is 13.8 Å². The first-order valence-corrected chi connectivity index (χ1v) is 6.23. The van der Waals surface area contributed by atoms with E-state index in [1.54, 1.807) is 12.3 Å². The molecule has 0 amide bonds. The summed E-state index contributed by atoms with van der Waals surface area (Å²) in [6.45, 7) is 7.01. The van der Waals surface area contributed by atoms with Gasteiger partial charge in [-0.05, 0) is 6.26 Å². The van der Waals surface area contributed by atoms with Crippen molar-refractivity contribution in [3.8, 4) is 0 Å². The molecule has 0 unspecified atom stereocenters. The maximum absolute atomic E-state index is 11.7. The summed E-state index contributed by atoms with van der Waals surface area (Å²) in [6.07, 6.45) is 3.37. The van der Waals surface area contributed by atoms with Crippen molar-refractivity contribution in [1.29, 1.82) is 0 Å². The lowest BCUT2D eigenvalue weighted by molar-refractivity contribution is -0.222. The van der Waals surface area contributed by atoms with Crippen LogP contribution in [0.3, 0.4) is 0 Å². The first kappa shape index (κ1) is 13.6. The van der Waals surface area contributed by atoms with Crippen molar-refractivity contribution < 1.29 is 19.1 Å². The van der Waals surface area contributed by atoms with E-state index >= 15 is 0 Å². The molecule has 0 bridgehead atoms. The smallest absolute Gasteiger partial charge is 0.351 e. The molecular weight excluding hydrogens is 242 g/mol. The van der Waals surface area contributed by atoms with Gasteiger partial charge in [0, 0.05) is 20.4 Å². The number of rotatable bonds is 4. The highest BCUT2D eigenvalue weighted by molar-refractivity contribution is 8.02. The molecule has 5 nitrogen and oxygen atoms in total. The van der Waals surface area contributed by atoms with Crippen LogP contribution in [0.2, 0.25) is 0 Å². The first-order valence-electron chi connectivity index (χ1n) is 5.01. The van der Waals surface area contributed by atoms with Crippen molar-refractivity contribution >= 4 is 23.7 Å². The number of hydrogen-bond donors (Lipinski definition) is 1. The largest absolute Gasteiger partial charge is 0.419 e. The third-order valence-electron chi connectivity index (χ3n) is 1.92. The van der Waals surface area contributed by atoms with Gasteiger partial charge in [-0.1, -0.05) is 6.08 Å². The van der Waals surface area contributed by atoms with E-state index < -0.39 is 17.7 Å². The Morgan fingerprint density at radius 1 is 1.41 bits per heavy atom. The highest BCUT2D eigenvalue weighted by Crippen LogP contribution is 2.26. The third-order valence-corrected chi connectivity index (χ3v) is 2.68. The molecule has 1 N–H and O–H groups in total. The van der Waals surface area contributed by atoms with Crippen LogP contribution in [0.15, 0.2) is 23.3 Å². The second-order valence-electron chi connectivity index (χ2n) is 3.76. The summed E-state index contributed by atoms with van der Waals surface area (Å²) in [5.41, 5.74) is -0.0984. The van der Waals surface area contributed by atoms with Gasteiger partial charge in [0.15, 0.2) is 5.57 Å². The first-order chi connectivity index (χ1) is 7.91. The van der Waals surface area contributed by atoms with Crippen molar-refractivity contribution in [2.75, 3.05) is 12.8 Å². The summed E-state index contributed by atoms with van der Waals surface area (Å²) in [6, 6.07) is 0. The molecule has 6 heteroatoms. The zero-order chi connectivity index (χ0) is 13.1. The minimum atomic E-state index is -1.21. The summed E-state index contributed by atoms with van der Waals surface area (Å²) in [7, 11) is 0. The molecule has 0 radical (unpaired) electrons. The Kier molecular flexibility index (Phi) is 4.22. The summed E-state index contributed by atoms with van der Waals surface area (Å²) >= 11 is 1.24. The highest BCUT2D eigenvalue weighted by atomic mass is 32.2. The lowest BCUT2D eigenvalue weighted by atomic mass is 10.2. The minimum absolute atomic E-state index is 0.0984. The van der Waals surface area contributed by atoms with Gasteiger partial charge in [-0.15, -0.1) is 18.3 Å². The van der Waals surface area contributed by atoms with Crippen molar-refractivity contribution in [3.63, 3.8) is 0 Å². The van der Waals surface area contributed by atoms with E-state index in [-0.39, 0.29) is 5.57 Å². The van der Waals surface area contributed by atoms with Crippen LogP contribution in [0, 0.1) is 0 Å². The highest BCUT2D eigenvalue weighted by Gasteiger charge is 2.40. The van der Waals surface area contributed by atoms with Crippen molar-refractivity contribution in [3.05, 3.63) is 23.3 Å². The number of carbonyl (C=O) groups is 2. The average Bonchev–Trinajstić information content (AvgIpc) is 2.20. The Bertz CT molecular complexity index is 365. The lowest BCUT2D eigenvalue weighted by Crippen LogP contribution is -2.43. The Balaban J connectivity index is 3.02. The molecule has 0 saturated carbocycles. The van der Waals surface area contributed by atoms with Crippen LogP contribution in [0.5, 0.6) is 0 Å². The van der Waals surface area contributed by atoms with E-state index in [9.17, 15) is 9.59 Å². The Hall–Kier alpha value is -1.43. The fraction of sp³-hybridized carbons (Fsp3) is 0.455. The Morgan fingerprint density at radius 3 is 2.35 bits per heavy atom. The summed E-state index contributed by atoms with van der Waals surface area (Å²) in [5, 5.41) is 3.33. The van der Waals surface area contributed by atoms with E-state index in [0.717, 1.165) is 0 Å². The van der Waals surface area contributed by atoms with Crippen molar-refractivity contribution in [2.24, 2.45) is 0 Å². The SMILES string of the molecule is C=CCNC(SC)=C1C(=O)OC(C)(C)OC1=O. The molecule has 1 aliphatic rings. The van der Waals surface area contributed by atoms with Gasteiger partial charge >= 0.3 is 11.9 Å². The van der Waals surface area contributed by atoms with Crippen LogP contribution in [0.4, 0.5) is 0 Å². The molecule has 0 aromatic heterocycles. The van der Waals surface area contributed by atoms with Gasteiger partial charge in [0.25, 0.3) is 5.79 Å². The van der Waals surface area contributed by atoms with Crippen molar-refractivity contribution in [2.45, 2.75) is 19.6 Å². The van der Waals surface area contributed by atoms with Gasteiger partial charge in [-0.2, -0.15) is 0 Å². The topological polar surface area (TPSA) is 64.6 Å². The Labute approximate surface area is 104 Å². The van der Waals surface area contributed by atoms with Crippen LogP contribution >= 0.6 is 11.8 Å². The second kappa shape index (κ2) is 5.27. The zero-order valence-electron chi connectivity index (χ0n) is 10.0. The fourth-order valence-corrected chi connectivity index (χ4v) is 1.86. The predicted molar refractivity (Wildman–Crippen MR) is 65.0 cm³/mol. The van der Waals surface area contributed by atoms with Crippen LogP contribution in [-0.4, -0.2) is 30.5 Å². The number of thioether (sulfide) groups is 1. The molecule has 17 heavy (non-hydrogen) atoms. The second-order valence-corrected chi connectivity index (χ2v) is 4.57. The molecule has 1 aliphatic heterocycles. The van der Waals surface area contributed by atoms with E-state index in [0.29, 0.717) is 11.6 Å². The van der Waals surface area contributed by atoms with Crippen LogP contribution in [0.25, 0.3) is 0 Å². The average molecular weight is 257 g/mol. The van der Waals surface area contributed by atoms with E-state index in [1.807, 2.05) is 0 Å². The number of ether oxygens (including phenoxy) is 2. The summed E-state index contributed by atoms with van der Waals surface area (Å²) < 4.78 is 10.0. The van der Waals surface area contributed by atoms with E-state index in [4.69, 9.17) is 9.47 Å². The molecule has 94 valence electrons. The third kappa shape index (κ3) is 3.26. The number of nitrogens with one attached hydrogen (secondary N) is 1. The van der Waals surface area contributed by atoms with Crippen LogP contribution in [-0.2, 0) is 19.1 Å². The number of cyclic esters (lactones) is 2. The maximum Gasteiger partial charge on any atom is 0.351 e. The molecule has 0 aromatic rings. The molecule has 1 rings (SSSR count). The van der Waals surface area contributed by atoms with Gasteiger partial charge in [-0.3, -0.25) is 0 Å². The van der Waals surface area contributed by atoms with Gasteiger partial charge < -0.3 is 14.8 Å². The minimum Gasteiger partial charge on any atom is -0.419 e. The van der Waals surface area contributed by atoms with Crippen molar-refractivity contribution in [1.82, 2.24) is 5.32 Å². The standard InChI is InChI=1S/C11H15NO4S/c1-5-6-12-8(17-4)7-9(13)15-11(2,3)16-10(7)14/h5,12H,1,6H2,2-4H3. The quantitative estimate of drug-likeness (QED) is 0.353. The molecule has 1 heterocycles. The van der Waals surface area contributed by atoms with Gasteiger partial charge in [0.2, 0.25) is 0 Å². The summed E-state index contributed by atoms with van der Waals surface area (Å²) in [5.74, 6) is -2.56. The van der Waals surface area contributed by atoms with E-state index in [2.05, 4.69) is 11.9 Å². The molecule has 1 saturated heterocycles. The van der Waals surface area contributed by atoms with E-state index in [1.165, 1.54) is 25.6 Å². The molecule has 0 spiro atoms. The van der Waals surface area contributed by atoms with Gasteiger partial charge in [0.05, 0.1) is 5.03 Å². The van der Waals surface area contributed by atoms with Crippen LogP contribution < -0.4 is 5.32 Å². The fourth-order valence-electron chi connectivity index (χ4n) is 1.27. The Morgan fingerprint density at radius 2 is 1.94 bits per heavy atom. The normalized spacial score (nSPS) is 18.2. The number of hydrogen-bond acceptors (Lipinski definition) is 6. The molecule has 0 atom stereocenters. The maximum atomic E-state index is 11.7. The summed E-state index contributed by atoms with van der Waals surface area (Å²) in [4.78, 5) is 23.4. The lowest BCUT2D eigenvalue weighted by Gasteiger charge is -2.30. The molecule has 0 aliphatic carbocycles. The monoisotopic (exact) mass is 257 g/mol. The number of carbonyl (C=O) groups excluding carboxylic acids is 2.